The van der Waals surface area contributed by atoms with Gasteiger partial charge < -0.3 is 14.4 Å². The topological polar surface area (TPSA) is 73.7 Å². The second-order valence-electron chi connectivity index (χ2n) is 7.46. The summed E-state index contributed by atoms with van der Waals surface area (Å²) < 4.78 is 12.1. The molecule has 1 aliphatic rings. The monoisotopic (exact) mass is 427 g/mol. The van der Waals surface area contributed by atoms with Crippen molar-refractivity contribution in [2.45, 2.75) is 38.8 Å². The van der Waals surface area contributed by atoms with Gasteiger partial charge in [0.25, 0.3) is 5.56 Å². The van der Waals surface area contributed by atoms with E-state index >= 15 is 0 Å². The molecule has 3 aromatic rings. The van der Waals surface area contributed by atoms with Crippen LogP contribution in [0.5, 0.6) is 5.75 Å². The summed E-state index contributed by atoms with van der Waals surface area (Å²) in [5.41, 5.74) is 1.82. The van der Waals surface area contributed by atoms with Crippen LogP contribution in [0.3, 0.4) is 0 Å². The van der Waals surface area contributed by atoms with Gasteiger partial charge in [0.15, 0.2) is 0 Å². The Labute approximate surface area is 178 Å². The average Bonchev–Trinajstić information content (AvgIpc) is 3.48. The molecule has 0 atom stereocenters. The molecule has 30 heavy (non-hydrogen) atoms. The lowest BCUT2D eigenvalue weighted by molar-refractivity contribution is -0.144. The van der Waals surface area contributed by atoms with Gasteiger partial charge in [-0.3, -0.25) is 9.59 Å². The Morgan fingerprint density at radius 2 is 2.03 bits per heavy atom. The first-order chi connectivity index (χ1) is 14.5. The molecular weight excluding hydrogens is 402 g/mol. The van der Waals surface area contributed by atoms with Gasteiger partial charge in [0.1, 0.15) is 17.0 Å². The smallest absolute Gasteiger partial charge is 0.327 e. The summed E-state index contributed by atoms with van der Waals surface area (Å²) >= 11 is 1.45. The predicted octanol–water partition coefficient (Wildman–Crippen LogP) is 3.54. The summed E-state index contributed by atoms with van der Waals surface area (Å²) in [5, 5.41) is 6.44. The van der Waals surface area contributed by atoms with E-state index in [0.29, 0.717) is 17.2 Å². The highest BCUT2D eigenvalue weighted by molar-refractivity contribution is 7.22. The lowest BCUT2D eigenvalue weighted by Gasteiger charge is -2.17. The molecule has 158 valence electrons. The zero-order valence-electron chi connectivity index (χ0n) is 17.4. The summed E-state index contributed by atoms with van der Waals surface area (Å²) in [4.78, 5) is 27.0. The number of fused-ring (bicyclic) bond motifs is 1. The normalized spacial score (nSPS) is 13.4. The van der Waals surface area contributed by atoms with E-state index in [1.807, 2.05) is 31.3 Å². The van der Waals surface area contributed by atoms with Crippen molar-refractivity contribution < 1.29 is 14.3 Å². The number of benzene rings is 1. The van der Waals surface area contributed by atoms with Crippen LogP contribution in [-0.4, -0.2) is 36.5 Å². The van der Waals surface area contributed by atoms with Gasteiger partial charge >= 0.3 is 5.97 Å². The number of anilines is 1. The highest BCUT2D eigenvalue weighted by Gasteiger charge is 2.30. The van der Waals surface area contributed by atoms with Crippen LogP contribution in [0.15, 0.2) is 35.1 Å². The van der Waals surface area contributed by atoms with Crippen molar-refractivity contribution in [3.8, 4) is 5.75 Å². The fourth-order valence-electron chi connectivity index (χ4n) is 3.44. The van der Waals surface area contributed by atoms with Gasteiger partial charge in [-0.15, -0.1) is 11.3 Å². The molecule has 7 nitrogen and oxygen atoms in total. The number of aromatic nitrogens is 2. The van der Waals surface area contributed by atoms with Gasteiger partial charge in [0.05, 0.1) is 24.4 Å². The van der Waals surface area contributed by atoms with E-state index in [1.54, 1.807) is 14.0 Å². The number of rotatable bonds is 8. The van der Waals surface area contributed by atoms with Crippen LogP contribution < -0.4 is 15.2 Å². The number of ether oxygens (including phenoxy) is 2. The molecule has 1 fully saturated rings. The van der Waals surface area contributed by atoms with Gasteiger partial charge in [0, 0.05) is 24.9 Å². The highest BCUT2D eigenvalue weighted by Crippen LogP contribution is 2.43. The number of hydrogen-bond acceptors (Lipinski definition) is 7. The Kier molecular flexibility index (Phi) is 5.76. The van der Waals surface area contributed by atoms with Gasteiger partial charge in [-0.1, -0.05) is 12.1 Å². The fraction of sp³-hybridized carbons (Fsp3) is 0.409. The van der Waals surface area contributed by atoms with Gasteiger partial charge in [-0.25, -0.2) is 4.68 Å². The van der Waals surface area contributed by atoms with Crippen LogP contribution in [0, 0.1) is 0 Å². The van der Waals surface area contributed by atoms with Gasteiger partial charge in [0.2, 0.25) is 0 Å². The van der Waals surface area contributed by atoms with Crippen LogP contribution >= 0.6 is 11.3 Å². The van der Waals surface area contributed by atoms with Crippen molar-refractivity contribution in [3.63, 3.8) is 0 Å². The van der Waals surface area contributed by atoms with Crippen LogP contribution in [0.2, 0.25) is 0 Å². The van der Waals surface area contributed by atoms with Crippen molar-refractivity contribution in [1.82, 2.24) is 9.78 Å². The van der Waals surface area contributed by atoms with Crippen molar-refractivity contribution in [3.05, 3.63) is 51.9 Å². The quantitative estimate of drug-likeness (QED) is 0.512. The molecule has 1 aliphatic carbocycles. The molecule has 0 spiro atoms. The summed E-state index contributed by atoms with van der Waals surface area (Å²) in [5.74, 6) is 0.739. The number of carbonyl (C=O) groups is 1. The average molecular weight is 428 g/mol. The molecule has 0 N–H and O–H groups in total. The second-order valence-corrected chi connectivity index (χ2v) is 8.49. The predicted molar refractivity (Wildman–Crippen MR) is 118 cm³/mol. The van der Waals surface area contributed by atoms with E-state index in [2.05, 4.69) is 16.1 Å². The molecule has 1 aromatic carbocycles. The minimum atomic E-state index is -0.443. The van der Waals surface area contributed by atoms with Crippen LogP contribution in [-0.2, 0) is 22.6 Å². The number of methoxy groups -OCH3 is 1. The SMILES string of the molecule is CCOC(=O)Cn1nc(C2CC2)c2cc(N(C)Cc3ccc(OC)cc3)sc2c1=O. The molecule has 0 saturated heterocycles. The lowest BCUT2D eigenvalue weighted by Crippen LogP contribution is -2.28. The molecule has 8 heteroatoms. The van der Waals surface area contributed by atoms with E-state index in [1.165, 1.54) is 16.0 Å². The van der Waals surface area contributed by atoms with Crippen LogP contribution in [0.4, 0.5) is 5.00 Å². The zero-order chi connectivity index (χ0) is 21.3. The van der Waals surface area contributed by atoms with E-state index in [0.717, 1.165) is 40.2 Å². The van der Waals surface area contributed by atoms with Crippen molar-refractivity contribution in [1.29, 1.82) is 0 Å². The first-order valence-corrected chi connectivity index (χ1v) is 10.9. The Hall–Kier alpha value is -2.87. The van der Waals surface area contributed by atoms with Crippen LogP contribution in [0.25, 0.3) is 10.1 Å². The van der Waals surface area contributed by atoms with Crippen molar-refractivity contribution in [2.24, 2.45) is 0 Å². The molecule has 2 heterocycles. The fourth-order valence-corrected chi connectivity index (χ4v) is 4.51. The summed E-state index contributed by atoms with van der Waals surface area (Å²) in [6.07, 6.45) is 2.12. The minimum absolute atomic E-state index is 0.156. The first kappa shape index (κ1) is 20.4. The van der Waals surface area contributed by atoms with Crippen LogP contribution in [0.1, 0.15) is 36.9 Å². The maximum atomic E-state index is 13.0. The number of esters is 1. The van der Waals surface area contributed by atoms with E-state index in [-0.39, 0.29) is 18.7 Å². The molecule has 0 unspecified atom stereocenters. The Morgan fingerprint density at radius 3 is 2.67 bits per heavy atom. The Balaban J connectivity index is 1.66. The molecule has 0 aliphatic heterocycles. The van der Waals surface area contributed by atoms with E-state index in [4.69, 9.17) is 9.47 Å². The van der Waals surface area contributed by atoms with Gasteiger partial charge in [-0.05, 0) is 43.5 Å². The molecular formula is C22H25N3O4S. The third-order valence-electron chi connectivity index (χ3n) is 5.16. The maximum Gasteiger partial charge on any atom is 0.327 e. The number of hydrogen-bond donors (Lipinski definition) is 0. The summed E-state index contributed by atoms with van der Waals surface area (Å²) in [7, 11) is 3.66. The number of carbonyl (C=O) groups excluding carboxylic acids is 1. The Morgan fingerprint density at radius 1 is 1.30 bits per heavy atom. The number of thiophene rings is 1. The first-order valence-electron chi connectivity index (χ1n) is 10.0. The highest BCUT2D eigenvalue weighted by atomic mass is 32.1. The largest absolute Gasteiger partial charge is 0.497 e. The van der Waals surface area contributed by atoms with Crippen molar-refractivity contribution >= 4 is 32.4 Å². The third-order valence-corrected chi connectivity index (χ3v) is 6.39. The van der Waals surface area contributed by atoms with Gasteiger partial charge in [-0.2, -0.15) is 5.10 Å². The summed E-state index contributed by atoms with van der Waals surface area (Å²) in [6.45, 7) is 2.58. The molecule has 0 bridgehead atoms. The number of nitrogens with zero attached hydrogens (tertiary/aromatic N) is 3. The lowest BCUT2D eigenvalue weighted by atomic mass is 10.2. The van der Waals surface area contributed by atoms with E-state index < -0.39 is 5.97 Å². The van der Waals surface area contributed by atoms with Crippen molar-refractivity contribution in [2.75, 3.05) is 25.7 Å². The maximum absolute atomic E-state index is 13.0. The third kappa shape index (κ3) is 4.18. The molecule has 2 aromatic heterocycles. The second kappa shape index (κ2) is 8.47. The minimum Gasteiger partial charge on any atom is -0.497 e. The zero-order valence-corrected chi connectivity index (χ0v) is 18.2. The van der Waals surface area contributed by atoms with E-state index in [9.17, 15) is 9.59 Å². The standard InChI is InChI=1S/C22H25N3O4S/c1-4-29-19(26)13-25-22(27)21-17(20(23-25)15-7-8-15)11-18(30-21)24(2)12-14-5-9-16(28-3)10-6-14/h5-6,9-11,15H,4,7-8,12-13H2,1-3H3. The molecule has 4 rings (SSSR count). The molecule has 0 radical (unpaired) electrons. The summed E-state index contributed by atoms with van der Waals surface area (Å²) in [6, 6.07) is 10.0. The molecule has 1 saturated carbocycles. The Bertz CT molecular complexity index is 1120. The molecule has 0 amide bonds.